The molecule has 1 aromatic carbocycles. The van der Waals surface area contributed by atoms with Gasteiger partial charge in [0.15, 0.2) is 0 Å². The summed E-state index contributed by atoms with van der Waals surface area (Å²) in [4.78, 5) is 2.31. The van der Waals surface area contributed by atoms with Crippen molar-refractivity contribution in [1.29, 1.82) is 10.5 Å². The van der Waals surface area contributed by atoms with E-state index in [4.69, 9.17) is 20.0 Å². The standard InChI is InChI=1S/C21H19N3O2/c1-16-12-18(19(14-22)15-23)13-21(26-16)7-4-17-2-5-20(6-3-17)24-8-10-25-11-9-24/h2-7,12-13H,8-11H2,1H3/b7-4+. The van der Waals surface area contributed by atoms with E-state index < -0.39 is 0 Å². The van der Waals surface area contributed by atoms with Crippen LogP contribution in [0.3, 0.4) is 0 Å². The fraction of sp³-hybridized carbons (Fsp3) is 0.238. The van der Waals surface area contributed by atoms with Crippen LogP contribution in [-0.2, 0) is 9.47 Å². The van der Waals surface area contributed by atoms with Crippen LogP contribution < -0.4 is 4.90 Å². The number of rotatable bonds is 3. The molecule has 0 N–H and O–H groups in total. The Morgan fingerprint density at radius 3 is 2.38 bits per heavy atom. The minimum absolute atomic E-state index is 0.0772. The zero-order chi connectivity index (χ0) is 18.4. The topological polar surface area (TPSA) is 69.3 Å². The molecule has 0 spiro atoms. The molecule has 0 unspecified atom stereocenters. The van der Waals surface area contributed by atoms with Crippen molar-refractivity contribution in [2.45, 2.75) is 6.92 Å². The lowest BCUT2D eigenvalue weighted by atomic mass is 10.1. The maximum atomic E-state index is 9.03. The van der Waals surface area contributed by atoms with Crippen LogP contribution in [0.15, 0.2) is 65.2 Å². The van der Waals surface area contributed by atoms with Gasteiger partial charge in [-0.2, -0.15) is 10.5 Å². The molecule has 5 nitrogen and oxygen atoms in total. The number of hydrogen-bond acceptors (Lipinski definition) is 5. The Morgan fingerprint density at radius 2 is 1.73 bits per heavy atom. The molecule has 0 radical (unpaired) electrons. The highest BCUT2D eigenvalue weighted by molar-refractivity contribution is 5.59. The van der Waals surface area contributed by atoms with Crippen molar-refractivity contribution in [3.8, 4) is 12.1 Å². The molecule has 2 aliphatic heterocycles. The second-order valence-corrected chi connectivity index (χ2v) is 5.98. The van der Waals surface area contributed by atoms with Crippen molar-refractivity contribution in [2.24, 2.45) is 0 Å². The predicted octanol–water partition coefficient (Wildman–Crippen LogP) is 3.70. The van der Waals surface area contributed by atoms with Crippen molar-refractivity contribution in [1.82, 2.24) is 0 Å². The highest BCUT2D eigenvalue weighted by atomic mass is 16.5. The first-order chi connectivity index (χ1) is 12.7. The van der Waals surface area contributed by atoms with Gasteiger partial charge >= 0.3 is 0 Å². The first-order valence-corrected chi connectivity index (χ1v) is 8.43. The molecule has 0 atom stereocenters. The van der Waals surface area contributed by atoms with Crippen molar-refractivity contribution in [3.63, 3.8) is 0 Å². The zero-order valence-electron chi connectivity index (χ0n) is 14.6. The van der Waals surface area contributed by atoms with Gasteiger partial charge in [0.1, 0.15) is 29.2 Å². The highest BCUT2D eigenvalue weighted by Crippen LogP contribution is 2.23. The number of benzene rings is 1. The van der Waals surface area contributed by atoms with Gasteiger partial charge in [-0.1, -0.05) is 18.2 Å². The summed E-state index contributed by atoms with van der Waals surface area (Å²) in [5.74, 6) is 1.24. The van der Waals surface area contributed by atoms with Crippen molar-refractivity contribution >= 4 is 11.8 Å². The summed E-state index contributed by atoms with van der Waals surface area (Å²) >= 11 is 0. The first kappa shape index (κ1) is 17.5. The van der Waals surface area contributed by atoms with Crippen LogP contribution in [0.5, 0.6) is 0 Å². The van der Waals surface area contributed by atoms with E-state index in [1.807, 2.05) is 24.3 Å². The van der Waals surface area contributed by atoms with Gasteiger partial charge < -0.3 is 14.4 Å². The Morgan fingerprint density at radius 1 is 1.04 bits per heavy atom. The van der Waals surface area contributed by atoms with Crippen LogP contribution in [0.25, 0.3) is 6.08 Å². The van der Waals surface area contributed by atoms with E-state index in [1.165, 1.54) is 5.69 Å². The molecule has 5 heteroatoms. The first-order valence-electron chi connectivity index (χ1n) is 8.43. The molecule has 0 aromatic heterocycles. The van der Waals surface area contributed by atoms with Crippen molar-refractivity contribution in [2.75, 3.05) is 31.2 Å². The summed E-state index contributed by atoms with van der Waals surface area (Å²) in [6, 6.07) is 12.1. The van der Waals surface area contributed by atoms with Crippen LogP contribution in [0.2, 0.25) is 0 Å². The molecule has 2 heterocycles. The smallest absolute Gasteiger partial charge is 0.137 e. The normalized spacial score (nSPS) is 17.0. The number of nitrogens with zero attached hydrogens (tertiary/aromatic N) is 3. The third-order valence-electron chi connectivity index (χ3n) is 4.16. The third kappa shape index (κ3) is 4.22. The van der Waals surface area contributed by atoms with Crippen molar-refractivity contribution < 1.29 is 9.47 Å². The maximum absolute atomic E-state index is 9.03. The minimum atomic E-state index is 0.0772. The Labute approximate surface area is 153 Å². The van der Waals surface area contributed by atoms with Gasteiger partial charge in [-0.05, 0) is 42.8 Å². The molecule has 0 bridgehead atoms. The summed E-state index contributed by atoms with van der Waals surface area (Å²) < 4.78 is 11.0. The zero-order valence-corrected chi connectivity index (χ0v) is 14.6. The largest absolute Gasteiger partial charge is 0.462 e. The van der Waals surface area contributed by atoms with E-state index >= 15 is 0 Å². The summed E-state index contributed by atoms with van der Waals surface area (Å²) in [5.41, 5.74) is 2.88. The Hall–Kier alpha value is -3.28. The number of hydrogen-bond donors (Lipinski definition) is 0. The quantitative estimate of drug-likeness (QED) is 0.781. The Bertz CT molecular complexity index is 855. The second-order valence-electron chi connectivity index (χ2n) is 5.98. The lowest BCUT2D eigenvalue weighted by Gasteiger charge is -2.28. The van der Waals surface area contributed by atoms with E-state index in [9.17, 15) is 0 Å². The molecule has 0 saturated carbocycles. The fourth-order valence-electron chi connectivity index (χ4n) is 2.84. The summed E-state index contributed by atoms with van der Waals surface area (Å²) in [6.07, 6.45) is 7.18. The lowest BCUT2D eigenvalue weighted by Crippen LogP contribution is -2.36. The lowest BCUT2D eigenvalue weighted by molar-refractivity contribution is 0.122. The second kappa shape index (κ2) is 8.20. The van der Waals surface area contributed by atoms with Gasteiger partial charge in [0.25, 0.3) is 0 Å². The average molecular weight is 345 g/mol. The summed E-state index contributed by atoms with van der Waals surface area (Å²) in [6.45, 7) is 5.16. The molecule has 0 aliphatic carbocycles. The average Bonchev–Trinajstić information content (AvgIpc) is 2.68. The summed E-state index contributed by atoms with van der Waals surface area (Å²) in [7, 11) is 0. The molecule has 1 aromatic rings. The van der Waals surface area contributed by atoms with E-state index in [0.29, 0.717) is 17.1 Å². The van der Waals surface area contributed by atoms with Gasteiger partial charge in [0.2, 0.25) is 0 Å². The van der Waals surface area contributed by atoms with E-state index in [1.54, 1.807) is 19.1 Å². The number of morpholine rings is 1. The molecule has 1 saturated heterocycles. The SMILES string of the molecule is CC1=CC(=C(C#N)C#N)C=C(/C=C/c2ccc(N3CCOCC3)cc2)O1. The summed E-state index contributed by atoms with van der Waals surface area (Å²) in [5, 5.41) is 18.1. The van der Waals surface area contributed by atoms with Crippen LogP contribution in [-0.4, -0.2) is 26.3 Å². The maximum Gasteiger partial charge on any atom is 0.137 e. The Balaban J connectivity index is 1.74. The van der Waals surface area contributed by atoms with Gasteiger partial charge in [0.05, 0.1) is 13.2 Å². The van der Waals surface area contributed by atoms with Crippen molar-refractivity contribution in [3.05, 3.63) is 70.7 Å². The number of ether oxygens (including phenoxy) is 2. The molecular formula is C21H19N3O2. The van der Waals surface area contributed by atoms with Crippen LogP contribution in [0, 0.1) is 22.7 Å². The predicted molar refractivity (Wildman–Crippen MR) is 99.7 cm³/mol. The van der Waals surface area contributed by atoms with Crippen LogP contribution >= 0.6 is 0 Å². The molecule has 130 valence electrons. The van der Waals surface area contributed by atoms with Gasteiger partial charge in [0, 0.05) is 24.4 Å². The number of allylic oxidation sites excluding steroid dienone is 6. The number of anilines is 1. The van der Waals surface area contributed by atoms with Crippen LogP contribution in [0.4, 0.5) is 5.69 Å². The van der Waals surface area contributed by atoms with Gasteiger partial charge in [-0.3, -0.25) is 0 Å². The molecule has 1 fully saturated rings. The Kier molecular flexibility index (Phi) is 5.53. The van der Waals surface area contributed by atoms with E-state index in [2.05, 4.69) is 29.2 Å². The number of nitriles is 2. The van der Waals surface area contributed by atoms with Crippen LogP contribution in [0.1, 0.15) is 12.5 Å². The van der Waals surface area contributed by atoms with E-state index in [0.717, 1.165) is 31.9 Å². The molecule has 26 heavy (non-hydrogen) atoms. The third-order valence-corrected chi connectivity index (χ3v) is 4.16. The van der Waals surface area contributed by atoms with E-state index in [-0.39, 0.29) is 5.57 Å². The monoisotopic (exact) mass is 345 g/mol. The molecule has 0 amide bonds. The molecule has 2 aliphatic rings. The fourth-order valence-corrected chi connectivity index (χ4v) is 2.84. The minimum Gasteiger partial charge on any atom is -0.462 e. The molecule has 3 rings (SSSR count). The highest BCUT2D eigenvalue weighted by Gasteiger charge is 2.11. The molecular weight excluding hydrogens is 326 g/mol. The van der Waals surface area contributed by atoms with Gasteiger partial charge in [-0.15, -0.1) is 0 Å². The van der Waals surface area contributed by atoms with Gasteiger partial charge in [-0.25, -0.2) is 0 Å².